The van der Waals surface area contributed by atoms with Crippen LogP contribution in [0.5, 0.6) is 5.75 Å². The average molecular weight is 278 g/mol. The molecule has 1 aromatic carbocycles. The van der Waals surface area contributed by atoms with Gasteiger partial charge in [0, 0.05) is 17.8 Å². The van der Waals surface area contributed by atoms with E-state index in [2.05, 4.69) is 5.32 Å². The number of benzene rings is 1. The summed E-state index contributed by atoms with van der Waals surface area (Å²) < 4.78 is 5.25. The van der Waals surface area contributed by atoms with Gasteiger partial charge in [-0.15, -0.1) is 0 Å². The van der Waals surface area contributed by atoms with Gasteiger partial charge in [0.15, 0.2) is 0 Å². The Bertz CT molecular complexity index is 522. The summed E-state index contributed by atoms with van der Waals surface area (Å²) in [7, 11) is 0. The van der Waals surface area contributed by atoms with Crippen molar-refractivity contribution in [1.29, 1.82) is 0 Å². The number of nitrogens with two attached hydrogens (primary N) is 1. The van der Waals surface area contributed by atoms with Crippen LogP contribution < -0.4 is 15.8 Å². The van der Waals surface area contributed by atoms with Crippen LogP contribution >= 0.6 is 0 Å². The number of aliphatic carboxylic acids is 1. The lowest BCUT2D eigenvalue weighted by Crippen LogP contribution is -2.14. The summed E-state index contributed by atoms with van der Waals surface area (Å²) in [5.74, 6) is -1.66. The maximum absolute atomic E-state index is 11.3. The lowest BCUT2D eigenvalue weighted by molar-refractivity contribution is -0.131. The molecule has 1 rings (SSSR count). The van der Waals surface area contributed by atoms with Gasteiger partial charge in [-0.25, -0.2) is 4.79 Å². The van der Waals surface area contributed by atoms with Gasteiger partial charge in [-0.1, -0.05) is 0 Å². The van der Waals surface area contributed by atoms with Crippen molar-refractivity contribution in [2.75, 3.05) is 11.9 Å². The number of rotatable bonds is 7. The molecule has 106 valence electrons. The number of nitrogens with one attached hydrogen (secondary N) is 1. The second-order valence-electron chi connectivity index (χ2n) is 3.75. The van der Waals surface area contributed by atoms with Gasteiger partial charge in [0.1, 0.15) is 5.75 Å². The fraction of sp³-hybridized carbons (Fsp3) is 0.154. The molecule has 0 heterocycles. The average Bonchev–Trinajstić information content (AvgIpc) is 2.38. The quantitative estimate of drug-likeness (QED) is 0.628. The Morgan fingerprint density at radius 2 is 1.85 bits per heavy atom. The van der Waals surface area contributed by atoms with Gasteiger partial charge < -0.3 is 20.9 Å². The third-order valence-electron chi connectivity index (χ3n) is 2.12. The lowest BCUT2D eigenvalue weighted by atomic mass is 10.3. The van der Waals surface area contributed by atoms with E-state index in [1.54, 1.807) is 24.3 Å². The summed E-state index contributed by atoms with van der Waals surface area (Å²) in [6.07, 6.45) is 1.79. The molecule has 0 unspecified atom stereocenters. The van der Waals surface area contributed by atoms with Crippen LogP contribution in [0.1, 0.15) is 6.42 Å². The molecule has 2 amide bonds. The minimum absolute atomic E-state index is 0.123. The maximum atomic E-state index is 11.3. The largest absolute Gasteiger partial charge is 0.493 e. The van der Waals surface area contributed by atoms with Crippen LogP contribution in [-0.2, 0) is 14.4 Å². The number of carboxylic acid groups (broad SMARTS) is 1. The van der Waals surface area contributed by atoms with Crippen LogP contribution in [0.25, 0.3) is 0 Å². The molecule has 0 aromatic heterocycles. The highest BCUT2D eigenvalue weighted by Crippen LogP contribution is 2.15. The van der Waals surface area contributed by atoms with E-state index in [1.807, 2.05) is 0 Å². The van der Waals surface area contributed by atoms with Gasteiger partial charge >= 0.3 is 5.97 Å². The van der Waals surface area contributed by atoms with Crippen molar-refractivity contribution in [2.45, 2.75) is 6.42 Å². The van der Waals surface area contributed by atoms with Crippen molar-refractivity contribution in [2.24, 2.45) is 5.73 Å². The number of hydrogen-bond donors (Lipinski definition) is 3. The molecule has 0 aliphatic heterocycles. The number of amides is 2. The topological polar surface area (TPSA) is 119 Å². The fourth-order valence-corrected chi connectivity index (χ4v) is 1.23. The Kier molecular flexibility index (Phi) is 5.76. The van der Waals surface area contributed by atoms with Gasteiger partial charge in [0.2, 0.25) is 11.8 Å². The third kappa shape index (κ3) is 6.20. The van der Waals surface area contributed by atoms with Gasteiger partial charge in [0.25, 0.3) is 0 Å². The van der Waals surface area contributed by atoms with Crippen molar-refractivity contribution in [3.63, 3.8) is 0 Å². The van der Waals surface area contributed by atoms with Crippen LogP contribution in [-0.4, -0.2) is 29.5 Å². The number of carbonyl (C=O) groups is 3. The molecule has 0 saturated carbocycles. The van der Waals surface area contributed by atoms with Crippen molar-refractivity contribution in [1.82, 2.24) is 0 Å². The number of primary amides is 1. The summed E-state index contributed by atoms with van der Waals surface area (Å²) >= 11 is 0. The Hall–Kier alpha value is -2.83. The molecule has 0 radical (unpaired) electrons. The van der Waals surface area contributed by atoms with Gasteiger partial charge in [-0.05, 0) is 24.3 Å². The van der Waals surface area contributed by atoms with E-state index in [4.69, 9.17) is 15.6 Å². The predicted molar refractivity (Wildman–Crippen MR) is 71.2 cm³/mol. The molecular weight excluding hydrogens is 264 g/mol. The number of hydrogen-bond acceptors (Lipinski definition) is 4. The summed E-state index contributed by atoms with van der Waals surface area (Å²) in [5.41, 5.74) is 5.46. The Morgan fingerprint density at radius 1 is 1.20 bits per heavy atom. The standard InChI is InChI=1S/C13H14N2O5/c14-11(16)7-8-20-10-3-1-9(2-4-10)15-12(17)5-6-13(18)19/h1-6H,7-8H2,(H2,14,16)(H,15,17)(H,18,19)/b6-5+. The third-order valence-corrected chi connectivity index (χ3v) is 2.12. The van der Waals surface area contributed by atoms with Gasteiger partial charge in [-0.3, -0.25) is 9.59 Å². The molecule has 7 nitrogen and oxygen atoms in total. The molecule has 0 spiro atoms. The highest BCUT2D eigenvalue weighted by atomic mass is 16.5. The summed E-state index contributed by atoms with van der Waals surface area (Å²) in [6.45, 7) is 0.183. The fourth-order valence-electron chi connectivity index (χ4n) is 1.23. The van der Waals surface area contributed by atoms with E-state index < -0.39 is 17.8 Å². The molecule has 0 fully saturated rings. The Morgan fingerprint density at radius 3 is 2.40 bits per heavy atom. The molecule has 0 aliphatic rings. The molecule has 20 heavy (non-hydrogen) atoms. The van der Waals surface area contributed by atoms with Crippen molar-refractivity contribution in [3.05, 3.63) is 36.4 Å². The minimum atomic E-state index is -1.20. The van der Waals surface area contributed by atoms with Crippen molar-refractivity contribution >= 4 is 23.5 Å². The summed E-state index contributed by atoms with van der Waals surface area (Å²) in [5, 5.41) is 10.9. The second-order valence-corrected chi connectivity index (χ2v) is 3.75. The number of ether oxygens (including phenoxy) is 1. The van der Waals surface area contributed by atoms with E-state index in [0.717, 1.165) is 12.2 Å². The molecule has 4 N–H and O–H groups in total. The van der Waals surface area contributed by atoms with Gasteiger partial charge in [0.05, 0.1) is 13.0 Å². The van der Waals surface area contributed by atoms with E-state index >= 15 is 0 Å². The molecule has 0 saturated heterocycles. The number of carbonyl (C=O) groups excluding carboxylic acids is 2. The van der Waals surface area contributed by atoms with Crippen LogP contribution in [0.4, 0.5) is 5.69 Å². The Balaban J connectivity index is 2.48. The normalized spacial score (nSPS) is 10.2. The zero-order valence-corrected chi connectivity index (χ0v) is 10.5. The molecule has 1 aromatic rings. The monoisotopic (exact) mass is 278 g/mol. The Labute approximate surface area is 115 Å². The maximum Gasteiger partial charge on any atom is 0.328 e. The number of carboxylic acids is 1. The van der Waals surface area contributed by atoms with E-state index in [1.165, 1.54) is 0 Å². The van der Waals surface area contributed by atoms with E-state index in [0.29, 0.717) is 11.4 Å². The molecule has 0 bridgehead atoms. The first kappa shape index (κ1) is 15.2. The first-order valence-corrected chi connectivity index (χ1v) is 5.70. The van der Waals surface area contributed by atoms with Crippen LogP contribution in [0.15, 0.2) is 36.4 Å². The predicted octanol–water partition coefficient (Wildman–Crippen LogP) is 0.520. The molecule has 0 atom stereocenters. The summed E-state index contributed by atoms with van der Waals surface area (Å²) in [4.78, 5) is 32.1. The van der Waals surface area contributed by atoms with E-state index in [9.17, 15) is 14.4 Å². The SMILES string of the molecule is NC(=O)CCOc1ccc(NC(=O)/C=C/C(=O)O)cc1. The number of anilines is 1. The molecule has 7 heteroatoms. The highest BCUT2D eigenvalue weighted by Gasteiger charge is 2.00. The smallest absolute Gasteiger partial charge is 0.328 e. The highest BCUT2D eigenvalue weighted by molar-refractivity contribution is 6.02. The molecular formula is C13H14N2O5. The zero-order valence-electron chi connectivity index (χ0n) is 10.5. The zero-order chi connectivity index (χ0) is 15.0. The molecule has 0 aliphatic carbocycles. The van der Waals surface area contributed by atoms with Crippen LogP contribution in [0.2, 0.25) is 0 Å². The van der Waals surface area contributed by atoms with E-state index in [-0.39, 0.29) is 13.0 Å². The minimum Gasteiger partial charge on any atom is -0.493 e. The van der Waals surface area contributed by atoms with Gasteiger partial charge in [-0.2, -0.15) is 0 Å². The van der Waals surface area contributed by atoms with Crippen molar-refractivity contribution < 1.29 is 24.2 Å². The van der Waals surface area contributed by atoms with Crippen LogP contribution in [0, 0.1) is 0 Å². The first-order chi connectivity index (χ1) is 9.47. The summed E-state index contributed by atoms with van der Waals surface area (Å²) in [6, 6.07) is 6.40. The van der Waals surface area contributed by atoms with Crippen molar-refractivity contribution in [3.8, 4) is 5.75 Å². The first-order valence-electron chi connectivity index (χ1n) is 5.70. The second kappa shape index (κ2) is 7.57. The lowest BCUT2D eigenvalue weighted by Gasteiger charge is -2.06. The van der Waals surface area contributed by atoms with Crippen LogP contribution in [0.3, 0.4) is 0 Å².